The van der Waals surface area contributed by atoms with Crippen molar-refractivity contribution >= 4 is 21.2 Å². The van der Waals surface area contributed by atoms with Gasteiger partial charge in [-0.25, -0.2) is 9.97 Å². The number of para-hydroxylation sites is 2. The van der Waals surface area contributed by atoms with Crippen molar-refractivity contribution in [1.82, 2.24) is 14.5 Å². The van der Waals surface area contributed by atoms with E-state index in [1.807, 2.05) is 35.9 Å². The van der Waals surface area contributed by atoms with Gasteiger partial charge in [-0.2, -0.15) is 13.7 Å². The highest BCUT2D eigenvalue weighted by molar-refractivity contribution is 7.87. The standard InChI is InChI=1S/C24H22N4O4S/c1-4-13-33(29,30)32-17-11-9-16(10-12-17)18-14-21(27-24(31-3)19(18)15-25)23-26-20-7-5-6-8-22(20)28(23)2/h5-12,14H,4,13H2,1-3H3. The van der Waals surface area contributed by atoms with E-state index >= 15 is 0 Å². The normalized spacial score (nSPS) is 11.3. The average Bonchev–Trinajstić information content (AvgIpc) is 3.15. The number of ether oxygens (including phenoxy) is 1. The van der Waals surface area contributed by atoms with Crippen LogP contribution >= 0.6 is 0 Å². The molecule has 4 rings (SSSR count). The highest BCUT2D eigenvalue weighted by Gasteiger charge is 2.19. The van der Waals surface area contributed by atoms with Crippen LogP contribution in [0.25, 0.3) is 33.7 Å². The summed E-state index contributed by atoms with van der Waals surface area (Å²) in [7, 11) is -0.278. The Morgan fingerprint density at radius 3 is 2.45 bits per heavy atom. The molecular weight excluding hydrogens is 440 g/mol. The zero-order valence-electron chi connectivity index (χ0n) is 18.4. The molecule has 0 N–H and O–H groups in total. The molecule has 2 heterocycles. The van der Waals surface area contributed by atoms with Crippen LogP contribution < -0.4 is 8.92 Å². The van der Waals surface area contributed by atoms with Gasteiger partial charge in [0.1, 0.15) is 23.1 Å². The first-order chi connectivity index (χ1) is 15.9. The third-order valence-corrected chi connectivity index (χ3v) is 6.50. The van der Waals surface area contributed by atoms with E-state index < -0.39 is 10.1 Å². The van der Waals surface area contributed by atoms with Crippen LogP contribution in [0.15, 0.2) is 54.6 Å². The number of hydrogen-bond acceptors (Lipinski definition) is 7. The molecule has 0 amide bonds. The molecular formula is C24H22N4O4S. The minimum atomic E-state index is -3.64. The third kappa shape index (κ3) is 4.38. The Kier molecular flexibility index (Phi) is 6.03. The van der Waals surface area contributed by atoms with Gasteiger partial charge >= 0.3 is 10.1 Å². The fourth-order valence-electron chi connectivity index (χ4n) is 3.62. The molecule has 4 aromatic rings. The minimum absolute atomic E-state index is 0.0593. The van der Waals surface area contributed by atoms with Crippen LogP contribution in [0.2, 0.25) is 0 Å². The first kappa shape index (κ1) is 22.3. The van der Waals surface area contributed by atoms with E-state index in [0.717, 1.165) is 11.0 Å². The maximum Gasteiger partial charge on any atom is 0.309 e. The van der Waals surface area contributed by atoms with E-state index in [0.29, 0.717) is 29.1 Å². The van der Waals surface area contributed by atoms with Crippen LogP contribution in [0.4, 0.5) is 0 Å². The summed E-state index contributed by atoms with van der Waals surface area (Å²) in [6.07, 6.45) is 0.466. The fraction of sp³-hybridized carbons (Fsp3) is 0.208. The lowest BCUT2D eigenvalue weighted by Gasteiger charge is -2.12. The molecule has 33 heavy (non-hydrogen) atoms. The Bertz CT molecular complexity index is 1470. The molecule has 0 aliphatic heterocycles. The molecule has 0 aliphatic carbocycles. The minimum Gasteiger partial charge on any atom is -0.480 e. The molecule has 0 saturated heterocycles. The van der Waals surface area contributed by atoms with Gasteiger partial charge in [-0.05, 0) is 42.3 Å². The Morgan fingerprint density at radius 2 is 1.82 bits per heavy atom. The summed E-state index contributed by atoms with van der Waals surface area (Å²) in [5.74, 6) is 0.965. The summed E-state index contributed by atoms with van der Waals surface area (Å²) in [6, 6.07) is 18.2. The van der Waals surface area contributed by atoms with Crippen molar-refractivity contribution in [2.24, 2.45) is 7.05 Å². The van der Waals surface area contributed by atoms with Gasteiger partial charge in [0.2, 0.25) is 5.88 Å². The largest absolute Gasteiger partial charge is 0.480 e. The summed E-state index contributed by atoms with van der Waals surface area (Å²) in [6.45, 7) is 1.77. The van der Waals surface area contributed by atoms with Crippen molar-refractivity contribution in [3.05, 3.63) is 60.2 Å². The van der Waals surface area contributed by atoms with Crippen molar-refractivity contribution < 1.29 is 17.3 Å². The molecule has 2 aromatic heterocycles. The van der Waals surface area contributed by atoms with Crippen LogP contribution in [0.1, 0.15) is 18.9 Å². The maximum atomic E-state index is 11.9. The van der Waals surface area contributed by atoms with Crippen LogP contribution in [0.5, 0.6) is 11.6 Å². The Labute approximate surface area is 192 Å². The van der Waals surface area contributed by atoms with E-state index in [-0.39, 0.29) is 22.9 Å². The van der Waals surface area contributed by atoms with Gasteiger partial charge in [0.25, 0.3) is 0 Å². The molecule has 0 aliphatic rings. The molecule has 2 aromatic carbocycles. The van der Waals surface area contributed by atoms with Gasteiger partial charge in [0, 0.05) is 12.6 Å². The number of aromatic nitrogens is 3. The van der Waals surface area contributed by atoms with Gasteiger partial charge in [-0.15, -0.1) is 0 Å². The van der Waals surface area contributed by atoms with Crippen molar-refractivity contribution in [3.63, 3.8) is 0 Å². The molecule has 9 heteroatoms. The molecule has 168 valence electrons. The summed E-state index contributed by atoms with van der Waals surface area (Å²) in [5, 5.41) is 9.79. The average molecular weight is 463 g/mol. The summed E-state index contributed by atoms with van der Waals surface area (Å²) >= 11 is 0. The topological polar surface area (TPSA) is 107 Å². The van der Waals surface area contributed by atoms with E-state index in [2.05, 4.69) is 11.1 Å². The second kappa shape index (κ2) is 8.92. The van der Waals surface area contributed by atoms with Gasteiger partial charge in [0.05, 0.1) is 23.9 Å². The molecule has 0 fully saturated rings. The monoisotopic (exact) mass is 462 g/mol. The number of fused-ring (bicyclic) bond motifs is 1. The summed E-state index contributed by atoms with van der Waals surface area (Å²) in [4.78, 5) is 9.22. The van der Waals surface area contributed by atoms with Crippen LogP contribution in [-0.2, 0) is 17.2 Å². The smallest absolute Gasteiger partial charge is 0.309 e. The number of nitrogens with zero attached hydrogens (tertiary/aromatic N) is 4. The quantitative estimate of drug-likeness (QED) is 0.377. The summed E-state index contributed by atoms with van der Waals surface area (Å²) in [5.41, 5.74) is 3.88. The number of methoxy groups -OCH3 is 1. The first-order valence-corrected chi connectivity index (χ1v) is 11.9. The van der Waals surface area contributed by atoms with E-state index in [1.165, 1.54) is 7.11 Å². The van der Waals surface area contributed by atoms with E-state index in [1.54, 1.807) is 37.3 Å². The fourth-order valence-corrected chi connectivity index (χ4v) is 4.61. The molecule has 0 spiro atoms. The lowest BCUT2D eigenvalue weighted by Crippen LogP contribution is -2.12. The Hall–Kier alpha value is -3.90. The zero-order valence-corrected chi connectivity index (χ0v) is 19.3. The molecule has 0 atom stereocenters. The third-order valence-electron chi connectivity index (χ3n) is 5.15. The van der Waals surface area contributed by atoms with Gasteiger partial charge in [-0.3, -0.25) is 0 Å². The number of benzene rings is 2. The number of pyridine rings is 1. The number of hydrogen-bond donors (Lipinski definition) is 0. The van der Waals surface area contributed by atoms with Gasteiger partial charge < -0.3 is 13.5 Å². The van der Waals surface area contributed by atoms with E-state index in [9.17, 15) is 13.7 Å². The molecule has 8 nitrogen and oxygen atoms in total. The lowest BCUT2D eigenvalue weighted by molar-refractivity contribution is 0.397. The van der Waals surface area contributed by atoms with Crippen molar-refractivity contribution in [1.29, 1.82) is 5.26 Å². The number of aryl methyl sites for hydroxylation is 1. The van der Waals surface area contributed by atoms with Gasteiger partial charge in [-0.1, -0.05) is 31.2 Å². The van der Waals surface area contributed by atoms with E-state index in [4.69, 9.17) is 13.9 Å². The van der Waals surface area contributed by atoms with Crippen molar-refractivity contribution in [2.45, 2.75) is 13.3 Å². The second-order valence-corrected chi connectivity index (χ2v) is 9.09. The lowest BCUT2D eigenvalue weighted by atomic mass is 10.0. The predicted octanol–water partition coefficient (Wildman–Crippen LogP) is 4.30. The number of imidazole rings is 1. The first-order valence-electron chi connectivity index (χ1n) is 10.3. The van der Waals surface area contributed by atoms with Crippen LogP contribution in [0.3, 0.4) is 0 Å². The summed E-state index contributed by atoms with van der Waals surface area (Å²) < 4.78 is 36.4. The highest BCUT2D eigenvalue weighted by atomic mass is 32.2. The molecule has 0 radical (unpaired) electrons. The second-order valence-electron chi connectivity index (χ2n) is 7.40. The Balaban J connectivity index is 1.81. The molecule has 0 saturated carbocycles. The number of rotatable bonds is 7. The maximum absolute atomic E-state index is 11.9. The van der Waals surface area contributed by atoms with Crippen molar-refractivity contribution in [2.75, 3.05) is 12.9 Å². The molecule has 0 bridgehead atoms. The molecule has 0 unspecified atom stereocenters. The zero-order chi connectivity index (χ0) is 23.6. The van der Waals surface area contributed by atoms with Crippen molar-refractivity contribution in [3.8, 4) is 40.3 Å². The number of nitriles is 1. The highest BCUT2D eigenvalue weighted by Crippen LogP contribution is 2.34. The Morgan fingerprint density at radius 1 is 1.09 bits per heavy atom. The SMILES string of the molecule is CCCS(=O)(=O)Oc1ccc(-c2cc(-c3nc4ccccc4n3C)nc(OC)c2C#N)cc1. The van der Waals surface area contributed by atoms with Crippen LogP contribution in [-0.4, -0.2) is 35.8 Å². The van der Waals surface area contributed by atoms with Crippen LogP contribution in [0, 0.1) is 11.3 Å². The van der Waals surface area contributed by atoms with Gasteiger partial charge in [0.15, 0.2) is 5.82 Å². The predicted molar refractivity (Wildman–Crippen MR) is 125 cm³/mol.